The van der Waals surface area contributed by atoms with Crippen LogP contribution in [0.2, 0.25) is 5.02 Å². The topological polar surface area (TPSA) is 59.0 Å². The molecule has 0 aromatic heterocycles. The van der Waals surface area contributed by atoms with E-state index >= 15 is 0 Å². The molecule has 110 valence electrons. The molecule has 0 radical (unpaired) electrons. The fourth-order valence-electron chi connectivity index (χ4n) is 1.71. The summed E-state index contributed by atoms with van der Waals surface area (Å²) in [5.74, 6) is 0.661. The number of benzene rings is 1. The highest BCUT2D eigenvalue weighted by Crippen LogP contribution is 2.27. The van der Waals surface area contributed by atoms with Crippen LogP contribution in [0.1, 0.15) is 39.2 Å². The lowest BCUT2D eigenvalue weighted by atomic mass is 9.92. The molecule has 2 N–H and O–H groups in total. The lowest BCUT2D eigenvalue weighted by Crippen LogP contribution is -2.21. The van der Waals surface area contributed by atoms with Crippen LogP contribution in [0.3, 0.4) is 0 Å². The van der Waals surface area contributed by atoms with Gasteiger partial charge in [0.1, 0.15) is 5.75 Å². The number of hydrogen-bond donors (Lipinski definition) is 1. The Morgan fingerprint density at radius 2 is 2.15 bits per heavy atom. The van der Waals surface area contributed by atoms with Crippen LogP contribution in [-0.2, 0) is 6.42 Å². The van der Waals surface area contributed by atoms with Gasteiger partial charge in [0.2, 0.25) is 0 Å². The van der Waals surface area contributed by atoms with E-state index in [-0.39, 0.29) is 11.5 Å². The summed E-state index contributed by atoms with van der Waals surface area (Å²) in [7, 11) is 0. The molecule has 0 saturated carbocycles. The van der Waals surface area contributed by atoms with E-state index in [9.17, 15) is 0 Å². The molecule has 1 atom stereocenters. The molecule has 0 heterocycles. The predicted octanol–water partition coefficient (Wildman–Crippen LogP) is 3.94. The Balaban J connectivity index is 2.58. The lowest BCUT2D eigenvalue weighted by Gasteiger charge is -2.16. The van der Waals surface area contributed by atoms with Gasteiger partial charge in [0.25, 0.3) is 0 Å². The molecule has 0 bridgehead atoms. The molecule has 1 rings (SSSR count). The Bertz CT molecular complexity index is 480. The van der Waals surface area contributed by atoms with E-state index in [4.69, 9.17) is 27.3 Å². The highest BCUT2D eigenvalue weighted by molar-refractivity contribution is 6.32. The van der Waals surface area contributed by atoms with Crippen LogP contribution in [0.4, 0.5) is 0 Å². The van der Waals surface area contributed by atoms with Crippen molar-refractivity contribution in [2.45, 2.75) is 46.1 Å². The lowest BCUT2D eigenvalue weighted by molar-refractivity contribution is 0.264. The van der Waals surface area contributed by atoms with E-state index in [1.54, 1.807) is 0 Å². The first-order valence-corrected chi connectivity index (χ1v) is 7.34. The van der Waals surface area contributed by atoms with Crippen LogP contribution in [0.5, 0.6) is 5.75 Å². The van der Waals surface area contributed by atoms with E-state index in [0.717, 1.165) is 18.4 Å². The second-order valence-corrected chi connectivity index (χ2v) is 6.14. The quantitative estimate of drug-likeness (QED) is 0.828. The maximum absolute atomic E-state index is 8.95. The highest BCUT2D eigenvalue weighted by Gasteiger charge is 2.16. The Morgan fingerprint density at radius 3 is 2.70 bits per heavy atom. The summed E-state index contributed by atoms with van der Waals surface area (Å²) in [6.45, 7) is 6.34. The van der Waals surface area contributed by atoms with E-state index in [1.165, 1.54) is 0 Å². The first-order chi connectivity index (χ1) is 9.38. The summed E-state index contributed by atoms with van der Waals surface area (Å²) < 4.78 is 5.65. The van der Waals surface area contributed by atoms with Crippen molar-refractivity contribution in [1.29, 1.82) is 5.26 Å². The molecular formula is C16H23ClN2O. The zero-order valence-corrected chi connectivity index (χ0v) is 13.2. The Labute approximate surface area is 126 Å². The fraction of sp³-hybridized carbons (Fsp3) is 0.562. The third-order valence-electron chi connectivity index (χ3n) is 3.31. The van der Waals surface area contributed by atoms with Gasteiger partial charge in [-0.3, -0.25) is 0 Å². The largest absolute Gasteiger partial charge is 0.492 e. The van der Waals surface area contributed by atoms with Gasteiger partial charge in [-0.15, -0.1) is 0 Å². The average Bonchev–Trinajstić information content (AvgIpc) is 2.41. The molecule has 0 aliphatic rings. The summed E-state index contributed by atoms with van der Waals surface area (Å²) in [6.07, 6.45) is 2.43. The van der Waals surface area contributed by atoms with Gasteiger partial charge in [0, 0.05) is 6.04 Å². The first kappa shape index (κ1) is 16.8. The normalized spacial score (nSPS) is 12.8. The smallest absolute Gasteiger partial charge is 0.137 e. The summed E-state index contributed by atoms with van der Waals surface area (Å²) in [6, 6.07) is 8.19. The summed E-state index contributed by atoms with van der Waals surface area (Å²) in [4.78, 5) is 0. The van der Waals surface area contributed by atoms with Crippen molar-refractivity contribution in [3.8, 4) is 11.8 Å². The van der Waals surface area contributed by atoms with Crippen molar-refractivity contribution >= 4 is 11.6 Å². The van der Waals surface area contributed by atoms with Crippen LogP contribution >= 0.6 is 11.6 Å². The Morgan fingerprint density at radius 1 is 1.45 bits per heavy atom. The maximum Gasteiger partial charge on any atom is 0.137 e. The molecule has 0 aliphatic carbocycles. The van der Waals surface area contributed by atoms with Gasteiger partial charge < -0.3 is 10.5 Å². The number of nitriles is 1. The van der Waals surface area contributed by atoms with E-state index in [1.807, 2.05) is 32.0 Å². The second-order valence-electron chi connectivity index (χ2n) is 5.73. The molecule has 1 unspecified atom stereocenters. The molecule has 4 heteroatoms. The van der Waals surface area contributed by atoms with Gasteiger partial charge in [-0.2, -0.15) is 5.26 Å². The van der Waals surface area contributed by atoms with Gasteiger partial charge >= 0.3 is 0 Å². The van der Waals surface area contributed by atoms with Crippen molar-refractivity contribution in [2.24, 2.45) is 11.1 Å². The van der Waals surface area contributed by atoms with Gasteiger partial charge in [0.15, 0.2) is 0 Å². The monoisotopic (exact) mass is 294 g/mol. The molecule has 0 saturated heterocycles. The van der Waals surface area contributed by atoms with Crippen molar-refractivity contribution < 1.29 is 4.74 Å². The van der Waals surface area contributed by atoms with Crippen LogP contribution < -0.4 is 10.5 Å². The number of nitrogens with two attached hydrogens (primary N) is 1. The van der Waals surface area contributed by atoms with Gasteiger partial charge in [0.05, 0.1) is 23.1 Å². The maximum atomic E-state index is 8.95. The average molecular weight is 295 g/mol. The second kappa shape index (κ2) is 7.52. The van der Waals surface area contributed by atoms with Crippen molar-refractivity contribution in [3.05, 3.63) is 28.8 Å². The Kier molecular flexibility index (Phi) is 6.32. The van der Waals surface area contributed by atoms with E-state index in [2.05, 4.69) is 13.0 Å². The van der Waals surface area contributed by atoms with Crippen LogP contribution in [0, 0.1) is 16.7 Å². The zero-order valence-electron chi connectivity index (χ0n) is 12.4. The summed E-state index contributed by atoms with van der Waals surface area (Å²) in [5, 5.41) is 9.54. The molecule has 20 heavy (non-hydrogen) atoms. The van der Waals surface area contributed by atoms with Crippen LogP contribution in [-0.4, -0.2) is 12.6 Å². The van der Waals surface area contributed by atoms with E-state index < -0.39 is 0 Å². The third-order valence-corrected chi connectivity index (χ3v) is 3.60. The zero-order chi connectivity index (χ0) is 15.2. The molecular weight excluding hydrogens is 272 g/mol. The van der Waals surface area contributed by atoms with Crippen molar-refractivity contribution in [3.63, 3.8) is 0 Å². The highest BCUT2D eigenvalue weighted by atomic mass is 35.5. The molecule has 3 nitrogen and oxygen atoms in total. The minimum Gasteiger partial charge on any atom is -0.492 e. The minimum absolute atomic E-state index is 0.161. The van der Waals surface area contributed by atoms with Gasteiger partial charge in [-0.25, -0.2) is 0 Å². The van der Waals surface area contributed by atoms with Crippen molar-refractivity contribution in [1.82, 2.24) is 0 Å². The summed E-state index contributed by atoms with van der Waals surface area (Å²) in [5.41, 5.74) is 6.68. The molecule has 1 aromatic carbocycles. The molecule has 0 spiro atoms. The van der Waals surface area contributed by atoms with Crippen molar-refractivity contribution in [2.75, 3.05) is 6.61 Å². The van der Waals surface area contributed by atoms with Gasteiger partial charge in [-0.1, -0.05) is 24.6 Å². The third kappa shape index (κ3) is 5.40. The molecule has 0 fully saturated rings. The van der Waals surface area contributed by atoms with Crippen LogP contribution in [0.15, 0.2) is 18.2 Å². The number of ether oxygens (including phenoxy) is 1. The Hall–Kier alpha value is -1.24. The van der Waals surface area contributed by atoms with E-state index in [0.29, 0.717) is 23.8 Å². The standard InChI is InChI=1S/C16H23ClN2O/c1-4-13(19)9-12-5-6-15(14(17)10-12)20-8-7-16(2,3)11-18/h5-6,10,13H,4,7-9,19H2,1-3H3. The summed E-state index contributed by atoms with van der Waals surface area (Å²) >= 11 is 6.21. The van der Waals surface area contributed by atoms with Crippen LogP contribution in [0.25, 0.3) is 0 Å². The number of halogens is 1. The SMILES string of the molecule is CCC(N)Cc1ccc(OCCC(C)(C)C#N)c(Cl)c1. The number of nitrogens with zero attached hydrogens (tertiary/aromatic N) is 1. The predicted molar refractivity (Wildman–Crippen MR) is 82.9 cm³/mol. The number of hydrogen-bond acceptors (Lipinski definition) is 3. The molecule has 1 aromatic rings. The molecule has 0 aliphatic heterocycles. The number of rotatable bonds is 7. The van der Waals surface area contributed by atoms with Gasteiger partial charge in [-0.05, 0) is 50.8 Å². The minimum atomic E-state index is -0.375. The fourth-order valence-corrected chi connectivity index (χ4v) is 1.97. The molecule has 0 amide bonds. The first-order valence-electron chi connectivity index (χ1n) is 6.96.